The van der Waals surface area contributed by atoms with Crippen LogP contribution in [-0.4, -0.2) is 46.8 Å². The summed E-state index contributed by atoms with van der Waals surface area (Å²) >= 11 is 0. The molecule has 0 spiro atoms. The van der Waals surface area contributed by atoms with Crippen molar-refractivity contribution in [2.75, 3.05) is 31.5 Å². The van der Waals surface area contributed by atoms with Crippen LogP contribution < -0.4 is 11.1 Å². The lowest BCUT2D eigenvalue weighted by Gasteiger charge is -2.22. The Balaban J connectivity index is 0.00000182. The Morgan fingerprint density at radius 3 is 2.78 bits per heavy atom. The molecule has 150 valence electrons. The van der Waals surface area contributed by atoms with E-state index in [0.29, 0.717) is 19.6 Å². The maximum atomic E-state index is 12.4. The van der Waals surface area contributed by atoms with Crippen molar-refractivity contribution in [2.24, 2.45) is 11.1 Å². The third-order valence-corrected chi connectivity index (χ3v) is 4.90. The third kappa shape index (κ3) is 6.21. The van der Waals surface area contributed by atoms with Crippen molar-refractivity contribution in [2.45, 2.75) is 26.8 Å². The highest BCUT2D eigenvalue weighted by atomic mass is 35.5. The Hall–Kier alpha value is -1.60. The lowest BCUT2D eigenvalue weighted by Crippen LogP contribution is -2.35. The molecule has 0 saturated carbocycles. The zero-order chi connectivity index (χ0) is 17.9. The zero-order valence-corrected chi connectivity index (χ0v) is 17.5. The number of nitrogens with one attached hydrogen (secondary N) is 1. The first-order valence-electron chi connectivity index (χ1n) is 8.77. The minimum atomic E-state index is -0.00716. The van der Waals surface area contributed by atoms with Gasteiger partial charge in [-0.25, -0.2) is 4.68 Å². The molecule has 3 rings (SSSR count). The molecule has 2 heterocycles. The van der Waals surface area contributed by atoms with Crippen LogP contribution in [0.5, 0.6) is 0 Å². The maximum Gasteiger partial charge on any atom is 0.239 e. The topological polar surface area (TPSA) is 76.2 Å². The molecule has 1 aliphatic rings. The van der Waals surface area contributed by atoms with E-state index >= 15 is 0 Å². The largest absolute Gasteiger partial charge is 0.330 e. The van der Waals surface area contributed by atoms with Crippen molar-refractivity contribution >= 4 is 36.5 Å². The molecule has 1 unspecified atom stereocenters. The Morgan fingerprint density at radius 1 is 1.33 bits per heavy atom. The lowest BCUT2D eigenvalue weighted by atomic mass is 9.90. The fourth-order valence-electron chi connectivity index (χ4n) is 3.36. The summed E-state index contributed by atoms with van der Waals surface area (Å²) in [5, 5.41) is 7.32. The number of nitrogens with two attached hydrogens (primary N) is 1. The number of carbonyl (C=O) groups is 1. The zero-order valence-electron chi connectivity index (χ0n) is 15.9. The number of likely N-dealkylation sites (tertiary alicyclic amines) is 1. The summed E-state index contributed by atoms with van der Waals surface area (Å²) in [7, 11) is 0. The van der Waals surface area contributed by atoms with Gasteiger partial charge in [-0.05, 0) is 37.4 Å². The lowest BCUT2D eigenvalue weighted by molar-refractivity contribution is -0.117. The molecule has 0 bridgehead atoms. The summed E-state index contributed by atoms with van der Waals surface area (Å²) < 4.78 is 1.82. The standard InChI is InChI=1S/C19H27N5O.2ClH/c1-15-4-3-5-16(10-15)11-24-17(6-8-21-24)22-18(25)12-23-9-7-19(2,13-20)14-23;;/h3-6,8,10H,7,9,11-14,20H2,1-2H3,(H,22,25);2*1H. The van der Waals surface area contributed by atoms with Gasteiger partial charge in [0, 0.05) is 12.6 Å². The van der Waals surface area contributed by atoms with E-state index in [9.17, 15) is 4.79 Å². The van der Waals surface area contributed by atoms with Gasteiger partial charge in [0.15, 0.2) is 0 Å². The van der Waals surface area contributed by atoms with Gasteiger partial charge in [-0.15, -0.1) is 24.8 Å². The number of halogens is 2. The molecule has 1 fully saturated rings. The van der Waals surface area contributed by atoms with Gasteiger partial charge in [0.2, 0.25) is 5.91 Å². The predicted octanol–water partition coefficient (Wildman–Crippen LogP) is 2.69. The van der Waals surface area contributed by atoms with E-state index in [1.165, 1.54) is 5.56 Å². The van der Waals surface area contributed by atoms with E-state index in [4.69, 9.17) is 5.73 Å². The Kier molecular flexibility index (Phi) is 8.75. The molecule has 27 heavy (non-hydrogen) atoms. The summed E-state index contributed by atoms with van der Waals surface area (Å²) in [6, 6.07) is 10.1. The highest BCUT2D eigenvalue weighted by Gasteiger charge is 2.33. The van der Waals surface area contributed by atoms with Crippen LogP contribution in [0.4, 0.5) is 5.82 Å². The summed E-state index contributed by atoms with van der Waals surface area (Å²) in [5.74, 6) is 0.722. The van der Waals surface area contributed by atoms with Crippen molar-refractivity contribution in [1.29, 1.82) is 0 Å². The molecule has 2 aromatic rings. The number of carbonyl (C=O) groups excluding carboxylic acids is 1. The smallest absolute Gasteiger partial charge is 0.239 e. The molecule has 1 aliphatic heterocycles. The first-order valence-corrected chi connectivity index (χ1v) is 8.77. The Labute approximate surface area is 173 Å². The van der Waals surface area contributed by atoms with Crippen LogP contribution in [0.2, 0.25) is 0 Å². The fourth-order valence-corrected chi connectivity index (χ4v) is 3.36. The van der Waals surface area contributed by atoms with Gasteiger partial charge < -0.3 is 11.1 Å². The number of benzene rings is 1. The molecule has 1 atom stereocenters. The highest BCUT2D eigenvalue weighted by molar-refractivity contribution is 5.91. The number of amides is 1. The van der Waals surface area contributed by atoms with Crippen molar-refractivity contribution in [3.8, 4) is 0 Å². The second-order valence-electron chi connectivity index (χ2n) is 7.39. The number of anilines is 1. The van der Waals surface area contributed by atoms with Crippen LogP contribution >= 0.6 is 24.8 Å². The number of hydrogen-bond acceptors (Lipinski definition) is 4. The molecule has 6 nitrogen and oxygen atoms in total. The van der Waals surface area contributed by atoms with E-state index in [2.05, 4.69) is 47.4 Å². The average Bonchev–Trinajstić information content (AvgIpc) is 3.15. The molecular formula is C19H29Cl2N5O. The van der Waals surface area contributed by atoms with Crippen LogP contribution in [0.1, 0.15) is 24.5 Å². The van der Waals surface area contributed by atoms with Crippen molar-refractivity contribution in [3.05, 3.63) is 47.7 Å². The van der Waals surface area contributed by atoms with Crippen molar-refractivity contribution in [3.63, 3.8) is 0 Å². The maximum absolute atomic E-state index is 12.4. The van der Waals surface area contributed by atoms with Gasteiger partial charge in [-0.3, -0.25) is 9.69 Å². The van der Waals surface area contributed by atoms with Crippen LogP contribution in [0.25, 0.3) is 0 Å². The van der Waals surface area contributed by atoms with E-state index in [-0.39, 0.29) is 36.1 Å². The van der Waals surface area contributed by atoms with Gasteiger partial charge in [0.05, 0.1) is 19.3 Å². The minimum absolute atomic E-state index is 0. The minimum Gasteiger partial charge on any atom is -0.330 e. The molecule has 1 saturated heterocycles. The second-order valence-corrected chi connectivity index (χ2v) is 7.39. The van der Waals surface area contributed by atoms with Crippen LogP contribution in [-0.2, 0) is 11.3 Å². The number of nitrogens with zero attached hydrogens (tertiary/aromatic N) is 3. The van der Waals surface area contributed by atoms with Gasteiger partial charge >= 0.3 is 0 Å². The van der Waals surface area contributed by atoms with Crippen molar-refractivity contribution < 1.29 is 4.79 Å². The van der Waals surface area contributed by atoms with Gasteiger partial charge in [-0.1, -0.05) is 36.8 Å². The monoisotopic (exact) mass is 413 g/mol. The summed E-state index contributed by atoms with van der Waals surface area (Å²) in [5.41, 5.74) is 8.35. The first kappa shape index (κ1) is 23.4. The van der Waals surface area contributed by atoms with Gasteiger partial charge in [-0.2, -0.15) is 5.10 Å². The Bertz CT molecular complexity index is 751. The quantitative estimate of drug-likeness (QED) is 0.762. The number of hydrogen-bond donors (Lipinski definition) is 2. The Morgan fingerprint density at radius 2 is 2.11 bits per heavy atom. The average molecular weight is 414 g/mol. The van der Waals surface area contributed by atoms with E-state index in [1.54, 1.807) is 6.20 Å². The molecule has 1 aromatic heterocycles. The second kappa shape index (κ2) is 10.1. The summed E-state index contributed by atoms with van der Waals surface area (Å²) in [4.78, 5) is 14.6. The molecule has 0 aliphatic carbocycles. The van der Waals surface area contributed by atoms with E-state index in [0.717, 1.165) is 30.9 Å². The van der Waals surface area contributed by atoms with Gasteiger partial charge in [0.1, 0.15) is 5.82 Å². The summed E-state index contributed by atoms with van der Waals surface area (Å²) in [6.45, 7) is 7.74. The molecule has 1 amide bonds. The van der Waals surface area contributed by atoms with E-state index < -0.39 is 0 Å². The first-order chi connectivity index (χ1) is 12.0. The highest BCUT2D eigenvalue weighted by Crippen LogP contribution is 2.28. The number of aryl methyl sites for hydroxylation is 1. The molecule has 3 N–H and O–H groups in total. The molecule has 0 radical (unpaired) electrons. The SMILES string of the molecule is Cc1cccc(Cn2nccc2NC(=O)CN2CCC(C)(CN)C2)c1.Cl.Cl. The van der Waals surface area contributed by atoms with Crippen LogP contribution in [0.3, 0.4) is 0 Å². The number of aromatic nitrogens is 2. The fraction of sp³-hybridized carbons (Fsp3) is 0.474. The van der Waals surface area contributed by atoms with Crippen LogP contribution in [0.15, 0.2) is 36.5 Å². The van der Waals surface area contributed by atoms with Gasteiger partial charge in [0.25, 0.3) is 0 Å². The summed E-state index contributed by atoms with van der Waals surface area (Å²) in [6.07, 6.45) is 2.76. The third-order valence-electron chi connectivity index (χ3n) is 4.90. The molecule has 8 heteroatoms. The van der Waals surface area contributed by atoms with Crippen molar-refractivity contribution in [1.82, 2.24) is 14.7 Å². The molecular weight excluding hydrogens is 385 g/mol. The number of rotatable bonds is 6. The normalized spacial score (nSPS) is 19.2. The predicted molar refractivity (Wildman–Crippen MR) is 114 cm³/mol. The van der Waals surface area contributed by atoms with Crippen LogP contribution in [0, 0.1) is 12.3 Å². The van der Waals surface area contributed by atoms with E-state index in [1.807, 2.05) is 16.8 Å². The molecule has 1 aromatic carbocycles.